The average Bonchev–Trinajstić information content (AvgIpc) is 3.19. The van der Waals surface area contributed by atoms with Crippen molar-refractivity contribution in [2.45, 2.75) is 31.8 Å². The zero-order chi connectivity index (χ0) is 19.4. The van der Waals surface area contributed by atoms with E-state index in [0.29, 0.717) is 25.9 Å². The summed E-state index contributed by atoms with van der Waals surface area (Å²) in [6.45, 7) is 2.01. The van der Waals surface area contributed by atoms with Crippen molar-refractivity contribution >= 4 is 26.8 Å². The molecule has 0 N–H and O–H groups in total. The first-order valence-electron chi connectivity index (χ1n) is 9.40. The van der Waals surface area contributed by atoms with E-state index in [0.717, 1.165) is 24.0 Å². The van der Waals surface area contributed by atoms with Gasteiger partial charge in [0.25, 0.3) is 0 Å². The molecule has 3 rings (SSSR count). The number of fused-ring (bicyclic) bond motifs is 1. The van der Waals surface area contributed by atoms with Crippen LogP contribution in [-0.2, 0) is 21.2 Å². The number of amides is 1. The predicted molar refractivity (Wildman–Crippen MR) is 106 cm³/mol. The SMILES string of the molecule is CN(C)CCCN(C(=O)CCn1cnc2ccccc21)C1CCS(=O)(=O)C1. The topological polar surface area (TPSA) is 75.5 Å². The molecule has 0 saturated carbocycles. The van der Waals surface area contributed by atoms with Crippen molar-refractivity contribution in [1.29, 1.82) is 0 Å². The summed E-state index contributed by atoms with van der Waals surface area (Å²) in [5, 5.41) is 0. The third-order valence-corrected chi connectivity index (χ3v) is 6.82. The molecule has 1 saturated heterocycles. The van der Waals surface area contributed by atoms with Crippen LogP contribution in [0.2, 0.25) is 0 Å². The van der Waals surface area contributed by atoms with Gasteiger partial charge in [0.05, 0.1) is 28.9 Å². The summed E-state index contributed by atoms with van der Waals surface area (Å²) < 4.78 is 25.7. The average molecular weight is 393 g/mol. The Balaban J connectivity index is 1.66. The highest BCUT2D eigenvalue weighted by Gasteiger charge is 2.34. The second kappa shape index (κ2) is 8.39. The Kier molecular flexibility index (Phi) is 6.16. The number of aryl methyl sites for hydroxylation is 1. The summed E-state index contributed by atoms with van der Waals surface area (Å²) in [5.74, 6) is 0.296. The third kappa shape index (κ3) is 5.07. The molecule has 1 atom stereocenters. The highest BCUT2D eigenvalue weighted by atomic mass is 32.2. The maximum atomic E-state index is 12.9. The molecule has 2 heterocycles. The van der Waals surface area contributed by atoms with Crippen LogP contribution >= 0.6 is 0 Å². The minimum Gasteiger partial charge on any atom is -0.339 e. The molecule has 0 aliphatic carbocycles. The van der Waals surface area contributed by atoms with Crippen molar-refractivity contribution in [2.24, 2.45) is 0 Å². The number of carbonyl (C=O) groups excluding carboxylic acids is 1. The van der Waals surface area contributed by atoms with Gasteiger partial charge < -0.3 is 14.4 Å². The van der Waals surface area contributed by atoms with Gasteiger partial charge in [-0.3, -0.25) is 4.79 Å². The lowest BCUT2D eigenvalue weighted by molar-refractivity contribution is -0.133. The standard InChI is InChI=1S/C19H28N4O3S/c1-21(2)10-5-11-23(16-9-13-27(25,26)14-16)19(24)8-12-22-15-20-17-6-3-4-7-18(17)22/h3-4,6-7,15-16H,5,8-14H2,1-2H3. The predicted octanol–water partition coefficient (Wildman–Crippen LogP) is 1.39. The van der Waals surface area contributed by atoms with E-state index in [4.69, 9.17) is 0 Å². The molecule has 1 amide bonds. The van der Waals surface area contributed by atoms with Crippen LogP contribution in [0.15, 0.2) is 30.6 Å². The van der Waals surface area contributed by atoms with Gasteiger partial charge in [0, 0.05) is 25.6 Å². The minimum absolute atomic E-state index is 0.0219. The van der Waals surface area contributed by atoms with Crippen LogP contribution in [0.25, 0.3) is 11.0 Å². The van der Waals surface area contributed by atoms with Crippen molar-refractivity contribution in [3.63, 3.8) is 0 Å². The molecule has 1 aliphatic heterocycles. The van der Waals surface area contributed by atoms with Gasteiger partial charge in [-0.05, 0) is 45.6 Å². The van der Waals surface area contributed by atoms with Crippen molar-refractivity contribution in [1.82, 2.24) is 19.4 Å². The molecule has 8 heteroatoms. The Labute approximate surface area is 160 Å². The van der Waals surface area contributed by atoms with E-state index in [-0.39, 0.29) is 23.5 Å². The summed E-state index contributed by atoms with van der Waals surface area (Å²) >= 11 is 0. The first-order chi connectivity index (χ1) is 12.9. The van der Waals surface area contributed by atoms with E-state index < -0.39 is 9.84 Å². The number of rotatable bonds is 8. The normalized spacial score (nSPS) is 19.0. The summed E-state index contributed by atoms with van der Waals surface area (Å²) in [6, 6.07) is 7.65. The molecule has 27 heavy (non-hydrogen) atoms. The summed E-state index contributed by atoms with van der Waals surface area (Å²) in [5.41, 5.74) is 1.92. The van der Waals surface area contributed by atoms with Gasteiger partial charge in [-0.15, -0.1) is 0 Å². The van der Waals surface area contributed by atoms with Crippen LogP contribution in [0.5, 0.6) is 0 Å². The Morgan fingerprint density at radius 3 is 2.74 bits per heavy atom. The molecule has 1 aromatic heterocycles. The van der Waals surface area contributed by atoms with Gasteiger partial charge in [0.2, 0.25) is 5.91 Å². The molecule has 0 bridgehead atoms. The van der Waals surface area contributed by atoms with E-state index in [2.05, 4.69) is 9.88 Å². The smallest absolute Gasteiger partial charge is 0.224 e. The summed E-state index contributed by atoms with van der Waals surface area (Å²) in [4.78, 5) is 21.2. The number of aromatic nitrogens is 2. The highest BCUT2D eigenvalue weighted by Crippen LogP contribution is 2.20. The van der Waals surface area contributed by atoms with Gasteiger partial charge in [-0.25, -0.2) is 13.4 Å². The van der Waals surface area contributed by atoms with Crippen LogP contribution in [0.4, 0.5) is 0 Å². The molecule has 1 unspecified atom stereocenters. The largest absolute Gasteiger partial charge is 0.339 e. The fraction of sp³-hybridized carbons (Fsp3) is 0.579. The summed E-state index contributed by atoms with van der Waals surface area (Å²) in [7, 11) is 0.971. The van der Waals surface area contributed by atoms with Gasteiger partial charge in [-0.2, -0.15) is 0 Å². The van der Waals surface area contributed by atoms with E-state index >= 15 is 0 Å². The molecule has 148 valence electrons. The molecule has 0 spiro atoms. The highest BCUT2D eigenvalue weighted by molar-refractivity contribution is 7.91. The van der Waals surface area contributed by atoms with Gasteiger partial charge in [-0.1, -0.05) is 12.1 Å². The molecule has 2 aromatic rings. The van der Waals surface area contributed by atoms with Gasteiger partial charge in [0.1, 0.15) is 0 Å². The van der Waals surface area contributed by atoms with Crippen molar-refractivity contribution in [2.75, 3.05) is 38.7 Å². The molecular weight excluding hydrogens is 364 g/mol. The van der Waals surface area contributed by atoms with Crippen LogP contribution in [0, 0.1) is 0 Å². The zero-order valence-electron chi connectivity index (χ0n) is 16.0. The number of hydrogen-bond donors (Lipinski definition) is 0. The lowest BCUT2D eigenvalue weighted by Gasteiger charge is -2.29. The lowest BCUT2D eigenvalue weighted by atomic mass is 10.2. The Bertz CT molecular complexity index is 891. The Morgan fingerprint density at radius 1 is 1.26 bits per heavy atom. The number of nitrogens with zero attached hydrogens (tertiary/aromatic N) is 4. The third-order valence-electron chi connectivity index (χ3n) is 5.07. The fourth-order valence-electron chi connectivity index (χ4n) is 3.64. The maximum Gasteiger partial charge on any atom is 0.224 e. The van der Waals surface area contributed by atoms with Crippen LogP contribution in [-0.4, -0.2) is 78.4 Å². The number of para-hydroxylation sites is 2. The Morgan fingerprint density at radius 2 is 2.04 bits per heavy atom. The van der Waals surface area contributed by atoms with E-state index in [1.807, 2.05) is 42.9 Å². The molecule has 7 nitrogen and oxygen atoms in total. The van der Waals surface area contributed by atoms with Crippen molar-refractivity contribution in [3.8, 4) is 0 Å². The number of imidazole rings is 1. The van der Waals surface area contributed by atoms with Crippen molar-refractivity contribution in [3.05, 3.63) is 30.6 Å². The minimum atomic E-state index is -3.02. The van der Waals surface area contributed by atoms with Gasteiger partial charge >= 0.3 is 0 Å². The second-order valence-corrected chi connectivity index (χ2v) is 9.71. The zero-order valence-corrected chi connectivity index (χ0v) is 16.9. The van der Waals surface area contributed by atoms with Crippen LogP contribution in [0.3, 0.4) is 0 Å². The first kappa shape index (κ1) is 19.8. The number of benzene rings is 1. The monoisotopic (exact) mass is 392 g/mol. The second-order valence-electron chi connectivity index (χ2n) is 7.48. The first-order valence-corrected chi connectivity index (χ1v) is 11.2. The molecule has 0 radical (unpaired) electrons. The quantitative estimate of drug-likeness (QED) is 0.679. The molecule has 1 fully saturated rings. The van der Waals surface area contributed by atoms with Crippen molar-refractivity contribution < 1.29 is 13.2 Å². The Hall–Kier alpha value is -1.93. The number of carbonyl (C=O) groups is 1. The molecule has 1 aromatic carbocycles. The fourth-order valence-corrected chi connectivity index (χ4v) is 5.37. The maximum absolute atomic E-state index is 12.9. The van der Waals surface area contributed by atoms with Crippen LogP contribution < -0.4 is 0 Å². The van der Waals surface area contributed by atoms with E-state index in [1.54, 1.807) is 11.2 Å². The lowest BCUT2D eigenvalue weighted by Crippen LogP contribution is -2.42. The number of hydrogen-bond acceptors (Lipinski definition) is 5. The van der Waals surface area contributed by atoms with Gasteiger partial charge in [0.15, 0.2) is 9.84 Å². The van der Waals surface area contributed by atoms with Crippen LogP contribution in [0.1, 0.15) is 19.3 Å². The van der Waals surface area contributed by atoms with E-state index in [9.17, 15) is 13.2 Å². The summed E-state index contributed by atoms with van der Waals surface area (Å²) in [6.07, 6.45) is 3.49. The van der Waals surface area contributed by atoms with E-state index in [1.165, 1.54) is 0 Å². The molecule has 1 aliphatic rings. The number of sulfone groups is 1. The molecular formula is C19H28N4O3S.